The number of pyridine rings is 1. The van der Waals surface area contributed by atoms with E-state index in [0.29, 0.717) is 16.5 Å². The quantitative estimate of drug-likeness (QED) is 0.461. The van der Waals surface area contributed by atoms with E-state index in [4.69, 9.17) is 21.9 Å². The molecule has 208 valence electrons. The maximum Gasteiger partial charge on any atom is 0.276 e. The zero-order chi connectivity index (χ0) is 28.3. The third-order valence-corrected chi connectivity index (χ3v) is 7.83. The highest BCUT2D eigenvalue weighted by Crippen LogP contribution is 2.29. The number of hydrogen-bond donors (Lipinski definition) is 2. The molecule has 9 heteroatoms. The summed E-state index contributed by atoms with van der Waals surface area (Å²) < 4.78 is 5.57. The van der Waals surface area contributed by atoms with Crippen LogP contribution in [0.3, 0.4) is 0 Å². The van der Waals surface area contributed by atoms with Gasteiger partial charge in [-0.25, -0.2) is 4.99 Å². The summed E-state index contributed by atoms with van der Waals surface area (Å²) >= 11 is 5.78. The van der Waals surface area contributed by atoms with Gasteiger partial charge >= 0.3 is 0 Å². The number of benzodiazepines with no additional fused rings is 1. The molecule has 41 heavy (non-hydrogen) atoms. The number of rotatable bonds is 5. The van der Waals surface area contributed by atoms with Crippen molar-refractivity contribution in [2.24, 2.45) is 4.99 Å². The molecule has 0 radical (unpaired) electrons. The Labute approximate surface area is 244 Å². The highest BCUT2D eigenvalue weighted by Gasteiger charge is 2.32. The van der Waals surface area contributed by atoms with Crippen molar-refractivity contribution < 1.29 is 9.53 Å². The van der Waals surface area contributed by atoms with Crippen LogP contribution < -0.4 is 26.0 Å². The second-order valence-electron chi connectivity index (χ2n) is 10.2. The molecule has 3 aliphatic rings. The molecule has 1 aliphatic carbocycles. The first kappa shape index (κ1) is 26.9. The highest BCUT2D eigenvalue weighted by molar-refractivity contribution is 7.80. The smallest absolute Gasteiger partial charge is 0.276 e. The van der Waals surface area contributed by atoms with E-state index in [-0.39, 0.29) is 5.91 Å². The normalized spacial score (nSPS) is 18.6. The zero-order valence-corrected chi connectivity index (χ0v) is 23.8. The van der Waals surface area contributed by atoms with Crippen LogP contribution in [-0.2, 0) is 9.53 Å². The highest BCUT2D eigenvalue weighted by atomic mass is 32.1. The van der Waals surface area contributed by atoms with Crippen LogP contribution in [-0.4, -0.2) is 59.1 Å². The number of fused-ring (bicyclic) bond motifs is 2. The Morgan fingerprint density at radius 1 is 1.10 bits per heavy atom. The van der Waals surface area contributed by atoms with E-state index in [0.717, 1.165) is 66.8 Å². The maximum atomic E-state index is 13.8. The number of aromatic nitrogens is 1. The van der Waals surface area contributed by atoms with Gasteiger partial charge in [0.15, 0.2) is 5.11 Å². The van der Waals surface area contributed by atoms with Crippen molar-refractivity contribution in [2.75, 3.05) is 31.2 Å². The molecule has 1 unspecified atom stereocenters. The van der Waals surface area contributed by atoms with Gasteiger partial charge in [-0.05, 0) is 56.2 Å². The number of hydrogen-bond acceptors (Lipinski definition) is 6. The van der Waals surface area contributed by atoms with Crippen molar-refractivity contribution >= 4 is 46.0 Å². The summed E-state index contributed by atoms with van der Waals surface area (Å²) in [5, 5.41) is 9.26. The van der Waals surface area contributed by atoms with Gasteiger partial charge in [-0.1, -0.05) is 42.5 Å². The van der Waals surface area contributed by atoms with Crippen molar-refractivity contribution in [2.45, 2.75) is 25.9 Å². The lowest BCUT2D eigenvalue weighted by Gasteiger charge is -2.33. The van der Waals surface area contributed by atoms with Crippen molar-refractivity contribution in [1.29, 1.82) is 0 Å². The fraction of sp³-hybridized carbons (Fsp3) is 0.250. The summed E-state index contributed by atoms with van der Waals surface area (Å²) in [6, 6.07) is 18.1. The Balaban J connectivity index is 1.35. The van der Waals surface area contributed by atoms with Crippen molar-refractivity contribution in [1.82, 2.24) is 20.5 Å². The van der Waals surface area contributed by atoms with Gasteiger partial charge < -0.3 is 20.3 Å². The Bertz CT molecular complexity index is 1660. The standard InChI is InChI=1S/C32H32N6O2S/c1-3-38-28-12-10-21(2)19-25(28)29(22-7-6-14-33-20-22)35-30(31(38)39)36-32(41)34-26-11-13-27(37-15-17-40-18-16-37)24-9-5-4-8-23(24)26/h3-10,12,14,19-20,30H,1,11,13,15-18H2,2H3,(H2,34,36,41). The number of nitrogens with one attached hydrogen (secondary N) is 2. The van der Waals surface area contributed by atoms with Crippen LogP contribution in [0.15, 0.2) is 84.8 Å². The number of amides is 1. The molecule has 0 spiro atoms. The fourth-order valence-electron chi connectivity index (χ4n) is 5.67. The number of thiocarbonyl (C=S) groups is 1. The van der Waals surface area contributed by atoms with E-state index >= 15 is 0 Å². The Hall–Kier alpha value is -4.34. The van der Waals surface area contributed by atoms with E-state index in [2.05, 4.69) is 45.3 Å². The molecule has 2 N–H and O–H groups in total. The predicted octanol–water partition coefficient (Wildman–Crippen LogP) is 2.55. The lowest BCUT2D eigenvalue weighted by molar-refractivity contribution is -0.119. The number of ether oxygens (including phenoxy) is 1. The van der Waals surface area contributed by atoms with Crippen LogP contribution in [0.4, 0.5) is 5.69 Å². The molecule has 1 amide bonds. The van der Waals surface area contributed by atoms with Crippen molar-refractivity contribution in [3.8, 4) is 0 Å². The lowest BCUT2D eigenvalue weighted by atomic mass is 9.99. The van der Waals surface area contributed by atoms with Gasteiger partial charge in [-0.2, -0.15) is 0 Å². The van der Waals surface area contributed by atoms with Crippen LogP contribution in [0.2, 0.25) is 0 Å². The summed E-state index contributed by atoms with van der Waals surface area (Å²) in [4.78, 5) is 27.0. The number of anilines is 1. The van der Waals surface area contributed by atoms with Crippen molar-refractivity contribution in [3.63, 3.8) is 0 Å². The summed E-state index contributed by atoms with van der Waals surface area (Å²) in [6.07, 6.45) is 5.73. The van der Waals surface area contributed by atoms with E-state index < -0.39 is 6.17 Å². The van der Waals surface area contributed by atoms with Gasteiger partial charge in [-0.3, -0.25) is 14.7 Å². The molecule has 1 atom stereocenters. The third-order valence-electron chi connectivity index (χ3n) is 7.61. The Morgan fingerprint density at radius 2 is 1.90 bits per heavy atom. The lowest BCUT2D eigenvalue weighted by Crippen LogP contribution is -2.50. The second kappa shape index (κ2) is 11.6. The summed E-state index contributed by atoms with van der Waals surface area (Å²) in [5.74, 6) is -0.273. The molecule has 3 aromatic rings. The van der Waals surface area contributed by atoms with Gasteiger partial charge in [0.25, 0.3) is 5.91 Å². The number of carbonyl (C=O) groups excluding carboxylic acids is 1. The van der Waals surface area contributed by atoms with Gasteiger partial charge in [0.2, 0.25) is 6.17 Å². The average molecular weight is 565 g/mol. The van der Waals surface area contributed by atoms with Crippen LogP contribution in [0.25, 0.3) is 11.4 Å². The summed E-state index contributed by atoms with van der Waals surface area (Å²) in [6.45, 7) is 9.23. The number of nitrogens with zero attached hydrogens (tertiary/aromatic N) is 4. The molecule has 1 saturated heterocycles. The molecule has 6 rings (SSSR count). The van der Waals surface area contributed by atoms with E-state index in [1.54, 1.807) is 12.4 Å². The van der Waals surface area contributed by atoms with E-state index in [1.165, 1.54) is 22.0 Å². The number of morpholine rings is 1. The number of benzene rings is 2. The molecule has 2 aromatic carbocycles. The Morgan fingerprint density at radius 3 is 2.66 bits per heavy atom. The number of aryl methyl sites for hydroxylation is 1. The van der Waals surface area contributed by atoms with Gasteiger partial charge in [0, 0.05) is 64.6 Å². The van der Waals surface area contributed by atoms with E-state index in [9.17, 15) is 4.79 Å². The molecule has 0 bridgehead atoms. The first-order chi connectivity index (χ1) is 20.0. The molecule has 8 nitrogen and oxygen atoms in total. The molecular weight excluding hydrogens is 532 g/mol. The van der Waals surface area contributed by atoms with Crippen LogP contribution in [0.1, 0.15) is 29.5 Å². The minimum atomic E-state index is -0.967. The van der Waals surface area contributed by atoms with E-state index in [1.807, 2.05) is 43.3 Å². The van der Waals surface area contributed by atoms with Gasteiger partial charge in [-0.15, -0.1) is 0 Å². The monoisotopic (exact) mass is 564 g/mol. The largest absolute Gasteiger partial charge is 0.378 e. The summed E-state index contributed by atoms with van der Waals surface area (Å²) in [5.41, 5.74) is 6.43. The van der Waals surface area contributed by atoms with Crippen LogP contribution >= 0.6 is 12.2 Å². The average Bonchev–Trinajstić information content (AvgIpc) is 3.11. The van der Waals surface area contributed by atoms with Crippen molar-refractivity contribution in [3.05, 3.63) is 107 Å². The molecule has 3 heterocycles. The molecule has 1 aromatic heterocycles. The minimum absolute atomic E-state index is 0.273. The van der Waals surface area contributed by atoms with Crippen LogP contribution in [0.5, 0.6) is 0 Å². The van der Waals surface area contributed by atoms with Gasteiger partial charge in [0.1, 0.15) is 0 Å². The topological polar surface area (TPSA) is 82.1 Å². The third kappa shape index (κ3) is 5.38. The Kier molecular flexibility index (Phi) is 7.63. The number of carbonyl (C=O) groups is 1. The first-order valence-electron chi connectivity index (χ1n) is 13.8. The molecular formula is C32H32N6O2S. The number of aliphatic imine (C=N–C) groups is 1. The van der Waals surface area contributed by atoms with Gasteiger partial charge in [0.05, 0.1) is 24.6 Å². The van der Waals surface area contributed by atoms with Crippen LogP contribution in [0, 0.1) is 6.92 Å². The zero-order valence-electron chi connectivity index (χ0n) is 23.0. The summed E-state index contributed by atoms with van der Waals surface area (Å²) in [7, 11) is 0. The molecule has 1 fully saturated rings. The molecule has 2 aliphatic heterocycles. The maximum absolute atomic E-state index is 13.8. The second-order valence-corrected chi connectivity index (χ2v) is 10.6. The fourth-order valence-corrected chi connectivity index (χ4v) is 5.90. The molecule has 0 saturated carbocycles. The SMILES string of the molecule is C=CN1C(=O)C(NC(=S)NC2=c3ccccc3=C(N3CCOCC3)CC2)N=C(c2cccnc2)c2cc(C)ccc21. The minimum Gasteiger partial charge on any atom is -0.378 e. The predicted molar refractivity (Wildman–Crippen MR) is 166 cm³/mol. The first-order valence-corrected chi connectivity index (χ1v) is 14.2.